The number of nitrogens with zero attached hydrogens (tertiary/aromatic N) is 2. The monoisotopic (exact) mass is 458 g/mol. The predicted octanol–water partition coefficient (Wildman–Crippen LogP) is 4.42. The summed E-state index contributed by atoms with van der Waals surface area (Å²) < 4.78 is 1.03. The Balaban J connectivity index is 1.49. The standard InChI is InChI=1S/C25H22N4O3S/c1-15-6-2-4-8-20(15)27-23-21(10-16(11-26-23)25(32)29-12-17(30)13-29)28-24(31)19-14-33-22-9-5-3-7-18(19)22/h2-11,14,17,30H,12-13H2,1H3,(H,26,27)(H,28,31). The first-order chi connectivity index (χ1) is 16.0. The summed E-state index contributed by atoms with van der Waals surface area (Å²) in [6.07, 6.45) is 0.999. The maximum Gasteiger partial charge on any atom is 0.257 e. The summed E-state index contributed by atoms with van der Waals surface area (Å²) in [6, 6.07) is 17.1. The Hall–Kier alpha value is -3.75. The van der Waals surface area contributed by atoms with Gasteiger partial charge in [-0.15, -0.1) is 11.3 Å². The lowest BCUT2D eigenvalue weighted by Crippen LogP contribution is -2.53. The van der Waals surface area contributed by atoms with Crippen LogP contribution in [0.15, 0.2) is 66.2 Å². The van der Waals surface area contributed by atoms with Crippen LogP contribution in [0.4, 0.5) is 17.2 Å². The Kier molecular flexibility index (Phi) is 5.53. The second-order valence-corrected chi connectivity index (χ2v) is 8.93. The van der Waals surface area contributed by atoms with E-state index in [1.165, 1.54) is 17.5 Å². The van der Waals surface area contributed by atoms with E-state index < -0.39 is 6.10 Å². The molecule has 0 unspecified atom stereocenters. The largest absolute Gasteiger partial charge is 0.389 e. The summed E-state index contributed by atoms with van der Waals surface area (Å²) in [5, 5.41) is 18.5. The lowest BCUT2D eigenvalue weighted by Gasteiger charge is -2.35. The minimum Gasteiger partial charge on any atom is -0.389 e. The SMILES string of the molecule is Cc1ccccc1Nc1ncc(C(=O)N2CC(O)C2)cc1NC(=O)c1csc2ccccc12. The van der Waals surface area contributed by atoms with E-state index in [-0.39, 0.29) is 11.8 Å². The van der Waals surface area contributed by atoms with E-state index in [2.05, 4.69) is 15.6 Å². The Morgan fingerprint density at radius 1 is 1.09 bits per heavy atom. The van der Waals surface area contributed by atoms with Crippen molar-refractivity contribution in [3.8, 4) is 0 Å². The number of hydrogen-bond donors (Lipinski definition) is 3. The van der Waals surface area contributed by atoms with Crippen LogP contribution in [0.2, 0.25) is 0 Å². The number of carbonyl (C=O) groups excluding carboxylic acids is 2. The van der Waals surface area contributed by atoms with Crippen LogP contribution < -0.4 is 10.6 Å². The lowest BCUT2D eigenvalue weighted by molar-refractivity contribution is 0.00587. The number of likely N-dealkylation sites (tertiary alicyclic amines) is 1. The van der Waals surface area contributed by atoms with Gasteiger partial charge in [-0.1, -0.05) is 36.4 Å². The molecule has 1 aliphatic heterocycles. The Morgan fingerprint density at radius 3 is 2.64 bits per heavy atom. The summed E-state index contributed by atoms with van der Waals surface area (Å²) in [4.78, 5) is 32.0. The van der Waals surface area contributed by atoms with Crippen molar-refractivity contribution < 1.29 is 14.7 Å². The van der Waals surface area contributed by atoms with Crippen molar-refractivity contribution in [3.05, 3.63) is 82.9 Å². The zero-order valence-electron chi connectivity index (χ0n) is 17.9. The number of carbonyl (C=O) groups is 2. The highest BCUT2D eigenvalue weighted by Crippen LogP contribution is 2.30. The summed E-state index contributed by atoms with van der Waals surface area (Å²) >= 11 is 1.51. The second-order valence-electron chi connectivity index (χ2n) is 8.02. The fraction of sp³-hybridized carbons (Fsp3) is 0.160. The third-order valence-electron chi connectivity index (χ3n) is 5.66. The van der Waals surface area contributed by atoms with Crippen molar-refractivity contribution in [2.75, 3.05) is 23.7 Å². The number of para-hydroxylation sites is 1. The lowest BCUT2D eigenvalue weighted by atomic mass is 10.1. The number of nitrogens with one attached hydrogen (secondary N) is 2. The van der Waals surface area contributed by atoms with Crippen LogP contribution in [0.5, 0.6) is 0 Å². The highest BCUT2D eigenvalue weighted by molar-refractivity contribution is 7.17. The van der Waals surface area contributed by atoms with Gasteiger partial charge in [0.05, 0.1) is 22.9 Å². The van der Waals surface area contributed by atoms with Crippen LogP contribution in [-0.4, -0.2) is 46.0 Å². The molecule has 0 atom stereocenters. The molecule has 4 aromatic rings. The number of aliphatic hydroxyl groups is 1. The molecule has 0 saturated carbocycles. The summed E-state index contributed by atoms with van der Waals surface area (Å²) in [5.74, 6) is -0.0600. The van der Waals surface area contributed by atoms with Gasteiger partial charge in [-0.25, -0.2) is 4.98 Å². The molecule has 5 rings (SSSR count). The van der Waals surface area contributed by atoms with Gasteiger partial charge in [0.25, 0.3) is 11.8 Å². The number of hydrogen-bond acceptors (Lipinski definition) is 6. The van der Waals surface area contributed by atoms with Crippen LogP contribution in [-0.2, 0) is 0 Å². The third-order valence-corrected chi connectivity index (χ3v) is 6.62. The molecule has 3 heterocycles. The quantitative estimate of drug-likeness (QED) is 0.412. The number of anilines is 3. The maximum atomic E-state index is 13.2. The molecule has 0 bridgehead atoms. The third kappa shape index (κ3) is 4.18. The maximum absolute atomic E-state index is 13.2. The zero-order chi connectivity index (χ0) is 22.9. The number of β-amino-alcohol motifs (C(OH)–C–C–N with tert-alkyl or cyclic N) is 1. The van der Waals surface area contributed by atoms with Crippen molar-refractivity contribution in [2.45, 2.75) is 13.0 Å². The normalized spacial score (nSPS) is 13.6. The number of benzene rings is 2. The predicted molar refractivity (Wildman–Crippen MR) is 130 cm³/mol. The molecule has 166 valence electrons. The van der Waals surface area contributed by atoms with Crippen LogP contribution in [0.3, 0.4) is 0 Å². The highest BCUT2D eigenvalue weighted by Gasteiger charge is 2.30. The number of aromatic nitrogens is 1. The van der Waals surface area contributed by atoms with Gasteiger partial charge in [0.1, 0.15) is 0 Å². The number of aryl methyl sites for hydroxylation is 1. The molecule has 7 nitrogen and oxygen atoms in total. The van der Waals surface area contributed by atoms with Gasteiger partial charge in [-0.05, 0) is 30.7 Å². The fourth-order valence-corrected chi connectivity index (χ4v) is 4.71. The number of fused-ring (bicyclic) bond motifs is 1. The number of thiophene rings is 1. The molecule has 0 radical (unpaired) electrons. The summed E-state index contributed by atoms with van der Waals surface area (Å²) in [6.45, 7) is 2.57. The molecular weight excluding hydrogens is 436 g/mol. The Bertz CT molecular complexity index is 1360. The fourth-order valence-electron chi connectivity index (χ4n) is 3.76. The van der Waals surface area contributed by atoms with Crippen LogP contribution in [0.25, 0.3) is 10.1 Å². The van der Waals surface area contributed by atoms with E-state index in [0.29, 0.717) is 35.7 Å². The average molecular weight is 459 g/mol. The minimum absolute atomic E-state index is 0.230. The first kappa shape index (κ1) is 21.1. The number of pyridine rings is 1. The van der Waals surface area contributed by atoms with E-state index >= 15 is 0 Å². The van der Waals surface area contributed by atoms with Crippen molar-refractivity contribution >= 4 is 50.4 Å². The van der Waals surface area contributed by atoms with E-state index in [9.17, 15) is 14.7 Å². The molecule has 0 spiro atoms. The van der Waals surface area contributed by atoms with E-state index in [4.69, 9.17) is 0 Å². The molecule has 1 aliphatic rings. The van der Waals surface area contributed by atoms with Crippen LogP contribution >= 0.6 is 11.3 Å². The molecule has 2 aromatic heterocycles. The van der Waals surface area contributed by atoms with Crippen molar-refractivity contribution in [2.24, 2.45) is 0 Å². The van der Waals surface area contributed by atoms with Crippen molar-refractivity contribution in [1.29, 1.82) is 0 Å². The first-order valence-electron chi connectivity index (χ1n) is 10.6. The molecule has 1 fully saturated rings. The molecule has 3 N–H and O–H groups in total. The van der Waals surface area contributed by atoms with Gasteiger partial charge in [-0.2, -0.15) is 0 Å². The van der Waals surface area contributed by atoms with Gasteiger partial charge in [-0.3, -0.25) is 9.59 Å². The smallest absolute Gasteiger partial charge is 0.257 e. The highest BCUT2D eigenvalue weighted by atomic mass is 32.1. The van der Waals surface area contributed by atoms with Crippen molar-refractivity contribution in [1.82, 2.24) is 9.88 Å². The second kappa shape index (κ2) is 8.65. The average Bonchev–Trinajstić information content (AvgIpc) is 3.23. The molecule has 2 amide bonds. The number of aliphatic hydroxyl groups excluding tert-OH is 1. The van der Waals surface area contributed by atoms with Crippen molar-refractivity contribution in [3.63, 3.8) is 0 Å². The Labute approximate surface area is 194 Å². The minimum atomic E-state index is -0.491. The molecule has 1 saturated heterocycles. The van der Waals surface area contributed by atoms with Gasteiger partial charge in [0, 0.05) is 40.4 Å². The van der Waals surface area contributed by atoms with Gasteiger partial charge in [0.15, 0.2) is 5.82 Å². The topological polar surface area (TPSA) is 94.6 Å². The van der Waals surface area contributed by atoms with Gasteiger partial charge in [0.2, 0.25) is 0 Å². The zero-order valence-corrected chi connectivity index (χ0v) is 18.7. The number of rotatable bonds is 5. The van der Waals surface area contributed by atoms with E-state index in [0.717, 1.165) is 21.3 Å². The Morgan fingerprint density at radius 2 is 1.85 bits per heavy atom. The molecule has 8 heteroatoms. The number of amides is 2. The summed E-state index contributed by atoms with van der Waals surface area (Å²) in [5.41, 5.74) is 3.20. The molecule has 2 aromatic carbocycles. The first-order valence-corrected chi connectivity index (χ1v) is 11.4. The van der Waals surface area contributed by atoms with Gasteiger partial charge >= 0.3 is 0 Å². The molecule has 0 aliphatic carbocycles. The van der Waals surface area contributed by atoms with E-state index in [1.807, 2.05) is 60.8 Å². The van der Waals surface area contributed by atoms with E-state index in [1.54, 1.807) is 11.0 Å². The van der Waals surface area contributed by atoms with Crippen LogP contribution in [0, 0.1) is 6.92 Å². The van der Waals surface area contributed by atoms with Crippen LogP contribution in [0.1, 0.15) is 26.3 Å². The molecular formula is C25H22N4O3S. The van der Waals surface area contributed by atoms with Gasteiger partial charge < -0.3 is 20.6 Å². The molecule has 33 heavy (non-hydrogen) atoms. The summed E-state index contributed by atoms with van der Waals surface area (Å²) in [7, 11) is 0.